The Labute approximate surface area is 121 Å². The Kier molecular flexibility index (Phi) is 5.07. The van der Waals surface area contributed by atoms with Crippen molar-refractivity contribution in [2.24, 2.45) is 0 Å². The minimum Gasteiger partial charge on any atom is -0.384 e. The lowest BCUT2D eigenvalue weighted by Crippen LogP contribution is -2.28. The van der Waals surface area contributed by atoms with Crippen LogP contribution in [0.15, 0.2) is 36.7 Å². The lowest BCUT2D eigenvalue weighted by molar-refractivity contribution is 0.0948. The maximum absolute atomic E-state index is 13.8. The molecule has 0 radical (unpaired) electrons. The van der Waals surface area contributed by atoms with E-state index in [1.165, 1.54) is 18.2 Å². The fourth-order valence-corrected chi connectivity index (χ4v) is 1.73. The number of halogens is 1. The summed E-state index contributed by atoms with van der Waals surface area (Å²) in [5, 5.41) is 15.2. The molecule has 1 amide bonds. The Morgan fingerprint density at radius 3 is 3.00 bits per heavy atom. The smallest absolute Gasteiger partial charge is 0.254 e. The average Bonchev–Trinajstić information content (AvgIpc) is 2.98. The molecular weight excluding hydrogens is 273 g/mol. The van der Waals surface area contributed by atoms with Crippen LogP contribution in [0.5, 0.6) is 0 Å². The molecule has 2 aromatic rings. The van der Waals surface area contributed by atoms with Gasteiger partial charge >= 0.3 is 0 Å². The minimum atomic E-state index is -0.642. The van der Waals surface area contributed by atoms with Crippen LogP contribution < -0.4 is 5.32 Å². The van der Waals surface area contributed by atoms with Gasteiger partial charge in [-0.15, -0.1) is 0 Å². The molecule has 21 heavy (non-hydrogen) atoms. The van der Waals surface area contributed by atoms with E-state index in [9.17, 15) is 9.18 Å². The molecule has 108 valence electrons. The van der Waals surface area contributed by atoms with E-state index in [1.807, 2.05) is 0 Å². The summed E-state index contributed by atoms with van der Waals surface area (Å²) in [5.74, 6) is 3.87. The molecule has 1 heterocycles. The molecule has 2 N–H and O–H groups in total. The number of hydrogen-bond acceptors (Lipinski definition) is 3. The quantitative estimate of drug-likeness (QED) is 0.817. The second kappa shape index (κ2) is 7.22. The largest absolute Gasteiger partial charge is 0.384 e. The van der Waals surface area contributed by atoms with Crippen LogP contribution in [0, 0.1) is 17.7 Å². The van der Waals surface area contributed by atoms with Crippen molar-refractivity contribution in [3.63, 3.8) is 0 Å². The van der Waals surface area contributed by atoms with Gasteiger partial charge in [-0.1, -0.05) is 11.8 Å². The van der Waals surface area contributed by atoms with Gasteiger partial charge in [0, 0.05) is 24.5 Å². The highest BCUT2D eigenvalue weighted by Gasteiger charge is 2.11. The van der Waals surface area contributed by atoms with E-state index in [1.54, 1.807) is 23.1 Å². The van der Waals surface area contributed by atoms with Crippen molar-refractivity contribution < 1.29 is 14.3 Å². The van der Waals surface area contributed by atoms with Gasteiger partial charge in [0.15, 0.2) is 0 Å². The number of hydrogen-bond donors (Lipinski definition) is 2. The number of amides is 1. The number of aromatic nitrogens is 2. The summed E-state index contributed by atoms with van der Waals surface area (Å²) in [6, 6.07) is 5.87. The van der Waals surface area contributed by atoms with Crippen LogP contribution in [0.1, 0.15) is 15.9 Å². The van der Waals surface area contributed by atoms with Crippen LogP contribution in [-0.4, -0.2) is 33.9 Å². The molecule has 0 atom stereocenters. The number of benzene rings is 1. The molecule has 1 aromatic heterocycles. The third kappa shape index (κ3) is 4.16. The summed E-state index contributed by atoms with van der Waals surface area (Å²) in [6.45, 7) is 0.573. The van der Waals surface area contributed by atoms with E-state index in [-0.39, 0.29) is 12.2 Å². The molecule has 0 fully saturated rings. The van der Waals surface area contributed by atoms with Crippen LogP contribution in [-0.2, 0) is 6.54 Å². The summed E-state index contributed by atoms with van der Waals surface area (Å²) in [6.07, 6.45) is 3.43. The van der Waals surface area contributed by atoms with Crippen LogP contribution in [0.4, 0.5) is 4.39 Å². The normalized spacial score (nSPS) is 9.81. The first kappa shape index (κ1) is 14.8. The third-order valence-corrected chi connectivity index (χ3v) is 2.71. The van der Waals surface area contributed by atoms with Gasteiger partial charge in [-0.05, 0) is 24.3 Å². The predicted octanol–water partition coefficient (Wildman–Crippen LogP) is 0.796. The SMILES string of the molecule is O=C(NCCn1cccn1)c1ccc(C#CCO)cc1F. The zero-order chi connectivity index (χ0) is 15.1. The molecule has 0 aliphatic heterocycles. The van der Waals surface area contributed by atoms with E-state index in [4.69, 9.17) is 5.11 Å². The van der Waals surface area contributed by atoms with Crippen molar-refractivity contribution in [1.29, 1.82) is 0 Å². The van der Waals surface area contributed by atoms with Crippen molar-refractivity contribution in [2.45, 2.75) is 6.54 Å². The number of rotatable bonds is 4. The molecule has 0 spiro atoms. The lowest BCUT2D eigenvalue weighted by Gasteiger charge is -2.06. The Balaban J connectivity index is 1.95. The van der Waals surface area contributed by atoms with E-state index >= 15 is 0 Å². The zero-order valence-corrected chi connectivity index (χ0v) is 11.2. The summed E-state index contributed by atoms with van der Waals surface area (Å²) < 4.78 is 15.5. The summed E-state index contributed by atoms with van der Waals surface area (Å²) in [4.78, 5) is 11.9. The molecule has 0 aliphatic carbocycles. The van der Waals surface area contributed by atoms with Crippen molar-refractivity contribution in [3.8, 4) is 11.8 Å². The van der Waals surface area contributed by atoms with Crippen molar-refractivity contribution in [2.75, 3.05) is 13.2 Å². The number of nitrogens with zero attached hydrogens (tertiary/aromatic N) is 2. The van der Waals surface area contributed by atoms with Crippen LogP contribution in [0.3, 0.4) is 0 Å². The van der Waals surface area contributed by atoms with E-state index in [2.05, 4.69) is 22.3 Å². The highest BCUT2D eigenvalue weighted by molar-refractivity contribution is 5.94. The monoisotopic (exact) mass is 287 g/mol. The average molecular weight is 287 g/mol. The first-order valence-corrected chi connectivity index (χ1v) is 6.35. The molecule has 6 heteroatoms. The molecule has 0 saturated heterocycles. The second-order valence-corrected chi connectivity index (χ2v) is 4.18. The molecule has 5 nitrogen and oxygen atoms in total. The maximum Gasteiger partial charge on any atom is 0.254 e. The zero-order valence-electron chi connectivity index (χ0n) is 11.2. The van der Waals surface area contributed by atoms with Gasteiger partial charge in [0.1, 0.15) is 12.4 Å². The topological polar surface area (TPSA) is 67.2 Å². The first-order chi connectivity index (χ1) is 10.2. The van der Waals surface area contributed by atoms with Crippen molar-refractivity contribution >= 4 is 5.91 Å². The number of carbonyl (C=O) groups excluding carboxylic acids is 1. The van der Waals surface area contributed by atoms with Crippen LogP contribution in [0.2, 0.25) is 0 Å². The highest BCUT2D eigenvalue weighted by atomic mass is 19.1. The third-order valence-electron chi connectivity index (χ3n) is 2.71. The van der Waals surface area contributed by atoms with Crippen molar-refractivity contribution in [3.05, 3.63) is 53.6 Å². The van der Waals surface area contributed by atoms with Crippen LogP contribution >= 0.6 is 0 Å². The Bertz CT molecular complexity index is 672. The van der Waals surface area contributed by atoms with Gasteiger partial charge in [-0.3, -0.25) is 9.48 Å². The molecular formula is C15H14FN3O2. The molecule has 0 saturated carbocycles. The highest BCUT2D eigenvalue weighted by Crippen LogP contribution is 2.09. The summed E-state index contributed by atoms with van der Waals surface area (Å²) in [7, 11) is 0. The molecule has 0 unspecified atom stereocenters. The number of aliphatic hydroxyl groups is 1. The van der Waals surface area contributed by atoms with E-state index in [0.29, 0.717) is 18.7 Å². The first-order valence-electron chi connectivity index (χ1n) is 6.35. The molecule has 0 bridgehead atoms. The number of nitrogens with one attached hydrogen (secondary N) is 1. The van der Waals surface area contributed by atoms with E-state index < -0.39 is 11.7 Å². The van der Waals surface area contributed by atoms with Gasteiger partial charge in [0.2, 0.25) is 0 Å². The number of aliphatic hydroxyl groups excluding tert-OH is 1. The van der Waals surface area contributed by atoms with E-state index in [0.717, 1.165) is 0 Å². The number of carbonyl (C=O) groups is 1. The van der Waals surface area contributed by atoms with Gasteiger partial charge in [0.25, 0.3) is 5.91 Å². The molecule has 1 aromatic carbocycles. The summed E-state index contributed by atoms with van der Waals surface area (Å²) in [5.41, 5.74) is 0.375. The Morgan fingerprint density at radius 1 is 1.48 bits per heavy atom. The lowest BCUT2D eigenvalue weighted by atomic mass is 10.1. The minimum absolute atomic E-state index is 0.0370. The van der Waals surface area contributed by atoms with Crippen LogP contribution in [0.25, 0.3) is 0 Å². The molecule has 2 rings (SSSR count). The summed E-state index contributed by atoms with van der Waals surface area (Å²) >= 11 is 0. The fraction of sp³-hybridized carbons (Fsp3) is 0.200. The Hall–Kier alpha value is -2.65. The maximum atomic E-state index is 13.8. The van der Waals surface area contributed by atoms with Crippen molar-refractivity contribution in [1.82, 2.24) is 15.1 Å². The Morgan fingerprint density at radius 2 is 2.33 bits per heavy atom. The second-order valence-electron chi connectivity index (χ2n) is 4.18. The van der Waals surface area contributed by atoms with Gasteiger partial charge < -0.3 is 10.4 Å². The van der Waals surface area contributed by atoms with Gasteiger partial charge in [-0.2, -0.15) is 5.10 Å². The van der Waals surface area contributed by atoms with Gasteiger partial charge in [0.05, 0.1) is 12.1 Å². The fourth-order valence-electron chi connectivity index (χ4n) is 1.73. The standard InChI is InChI=1S/C15H14FN3O2/c16-14-11-12(3-1-10-20)4-5-13(14)15(21)17-7-9-19-8-2-6-18-19/h2,4-6,8,11,20H,7,9-10H2,(H,17,21). The van der Waals surface area contributed by atoms with Gasteiger partial charge in [-0.25, -0.2) is 4.39 Å². The predicted molar refractivity (Wildman–Crippen MR) is 74.9 cm³/mol. The molecule has 0 aliphatic rings.